The second kappa shape index (κ2) is 6.09. The summed E-state index contributed by atoms with van der Waals surface area (Å²) in [6.45, 7) is 1.24. The van der Waals surface area contributed by atoms with Crippen LogP contribution in [-0.2, 0) is 0 Å². The van der Waals surface area contributed by atoms with Gasteiger partial charge in [0.2, 0.25) is 0 Å². The Morgan fingerprint density at radius 3 is 2.61 bits per heavy atom. The monoisotopic (exact) mass is 280 g/mol. The van der Waals surface area contributed by atoms with Crippen molar-refractivity contribution < 1.29 is 22.7 Å². The average Bonchev–Trinajstić information content (AvgIpc) is 2.22. The van der Waals surface area contributed by atoms with Crippen molar-refractivity contribution >= 4 is 17.4 Å². The molecule has 0 spiro atoms. The number of halogens is 4. The van der Waals surface area contributed by atoms with Crippen LogP contribution in [0.3, 0.4) is 0 Å². The van der Waals surface area contributed by atoms with Crippen molar-refractivity contribution in [2.24, 2.45) is 0 Å². The molecule has 0 atom stereocenters. The number of rotatable bonds is 5. The van der Waals surface area contributed by atoms with Gasteiger partial charge in [0, 0.05) is 11.4 Å². The van der Waals surface area contributed by atoms with Crippen LogP contribution in [0, 0.1) is 0 Å². The molecule has 0 N–H and O–H groups in total. The summed E-state index contributed by atoms with van der Waals surface area (Å²) in [6, 6.07) is 4.44. The van der Waals surface area contributed by atoms with Crippen molar-refractivity contribution in [3.05, 3.63) is 28.8 Å². The van der Waals surface area contributed by atoms with E-state index in [0.717, 1.165) is 0 Å². The van der Waals surface area contributed by atoms with Crippen molar-refractivity contribution in [3.8, 4) is 5.75 Å². The SMILES string of the molecule is CC(=O)c1ccc(Cl)cc1OCCCC(F)(F)F. The molecule has 0 unspecified atom stereocenters. The molecule has 0 amide bonds. The fourth-order valence-electron chi connectivity index (χ4n) is 1.36. The first-order valence-electron chi connectivity index (χ1n) is 5.29. The zero-order valence-corrected chi connectivity index (χ0v) is 10.4. The van der Waals surface area contributed by atoms with Gasteiger partial charge in [-0.2, -0.15) is 13.2 Å². The minimum atomic E-state index is -4.19. The molecule has 2 nitrogen and oxygen atoms in total. The van der Waals surface area contributed by atoms with Crippen LogP contribution in [0.15, 0.2) is 18.2 Å². The van der Waals surface area contributed by atoms with Crippen molar-refractivity contribution in [3.63, 3.8) is 0 Å². The summed E-state index contributed by atoms with van der Waals surface area (Å²) in [5.74, 6) is -0.00494. The summed E-state index contributed by atoms with van der Waals surface area (Å²) in [5.41, 5.74) is 0.311. The van der Waals surface area contributed by atoms with E-state index in [1.807, 2.05) is 0 Å². The molecule has 0 aliphatic heterocycles. The van der Waals surface area contributed by atoms with E-state index in [9.17, 15) is 18.0 Å². The van der Waals surface area contributed by atoms with E-state index in [1.54, 1.807) is 0 Å². The Hall–Kier alpha value is -1.23. The van der Waals surface area contributed by atoms with Gasteiger partial charge in [-0.15, -0.1) is 0 Å². The highest BCUT2D eigenvalue weighted by molar-refractivity contribution is 6.30. The van der Waals surface area contributed by atoms with E-state index in [4.69, 9.17) is 16.3 Å². The highest BCUT2D eigenvalue weighted by atomic mass is 35.5. The second-order valence-corrected chi connectivity index (χ2v) is 4.20. The molecule has 0 saturated heterocycles. The highest BCUT2D eigenvalue weighted by Crippen LogP contribution is 2.25. The van der Waals surface area contributed by atoms with E-state index >= 15 is 0 Å². The lowest BCUT2D eigenvalue weighted by Gasteiger charge is -2.11. The molecule has 0 radical (unpaired) electrons. The van der Waals surface area contributed by atoms with Crippen LogP contribution in [0.5, 0.6) is 5.75 Å². The molecular formula is C12H12ClF3O2. The molecule has 0 saturated carbocycles. The number of ether oxygens (including phenoxy) is 1. The lowest BCUT2D eigenvalue weighted by molar-refractivity contribution is -0.136. The Bertz CT molecular complexity index is 430. The van der Waals surface area contributed by atoms with Gasteiger partial charge in [-0.3, -0.25) is 4.79 Å². The van der Waals surface area contributed by atoms with Crippen molar-refractivity contribution in [1.82, 2.24) is 0 Å². The van der Waals surface area contributed by atoms with E-state index in [-0.39, 0.29) is 24.6 Å². The standard InChI is InChI=1S/C12H12ClF3O2/c1-8(17)10-4-3-9(13)7-11(10)18-6-2-5-12(14,15)16/h3-4,7H,2,5-6H2,1H3. The number of benzene rings is 1. The molecule has 1 aromatic carbocycles. The van der Waals surface area contributed by atoms with E-state index < -0.39 is 12.6 Å². The van der Waals surface area contributed by atoms with E-state index in [2.05, 4.69) is 0 Å². The molecule has 0 fully saturated rings. The number of hydrogen-bond donors (Lipinski definition) is 0. The second-order valence-electron chi connectivity index (χ2n) is 3.76. The van der Waals surface area contributed by atoms with Crippen LogP contribution < -0.4 is 4.74 Å². The Kier molecular flexibility index (Phi) is 5.02. The number of Topliss-reactive ketones (excluding diaryl/α,β-unsaturated/α-hetero) is 1. The van der Waals surface area contributed by atoms with Gasteiger partial charge in [-0.05, 0) is 31.5 Å². The summed E-state index contributed by atoms with van der Waals surface area (Å²) < 4.78 is 40.9. The Morgan fingerprint density at radius 1 is 1.39 bits per heavy atom. The lowest BCUT2D eigenvalue weighted by Crippen LogP contribution is -2.10. The predicted molar refractivity (Wildman–Crippen MR) is 62.2 cm³/mol. The Labute approximate surface area is 108 Å². The minimum absolute atomic E-state index is 0.111. The smallest absolute Gasteiger partial charge is 0.389 e. The van der Waals surface area contributed by atoms with Crippen LogP contribution in [-0.4, -0.2) is 18.6 Å². The summed E-state index contributed by atoms with van der Waals surface area (Å²) in [4.78, 5) is 11.3. The van der Waals surface area contributed by atoms with Gasteiger partial charge < -0.3 is 4.74 Å². The normalized spacial score (nSPS) is 11.4. The molecule has 0 heterocycles. The molecule has 0 aromatic heterocycles. The molecule has 0 aliphatic rings. The zero-order chi connectivity index (χ0) is 13.8. The summed E-state index contributed by atoms with van der Waals surface area (Å²) >= 11 is 5.74. The van der Waals surface area contributed by atoms with Gasteiger partial charge in [0.15, 0.2) is 5.78 Å². The first-order valence-corrected chi connectivity index (χ1v) is 5.67. The van der Waals surface area contributed by atoms with Gasteiger partial charge >= 0.3 is 6.18 Å². The topological polar surface area (TPSA) is 26.3 Å². The third-order valence-electron chi connectivity index (χ3n) is 2.19. The van der Waals surface area contributed by atoms with E-state index in [1.165, 1.54) is 25.1 Å². The quantitative estimate of drug-likeness (QED) is 0.595. The first kappa shape index (κ1) is 14.8. The van der Waals surface area contributed by atoms with Crippen LogP contribution in [0.2, 0.25) is 5.02 Å². The number of carbonyl (C=O) groups is 1. The van der Waals surface area contributed by atoms with Gasteiger partial charge in [0.25, 0.3) is 0 Å². The van der Waals surface area contributed by atoms with Crippen LogP contribution >= 0.6 is 11.6 Å². The fourth-order valence-corrected chi connectivity index (χ4v) is 1.52. The largest absolute Gasteiger partial charge is 0.493 e. The van der Waals surface area contributed by atoms with Gasteiger partial charge in [-0.1, -0.05) is 11.6 Å². The molecule has 1 aromatic rings. The maximum absolute atomic E-state index is 11.9. The Morgan fingerprint density at radius 2 is 2.06 bits per heavy atom. The van der Waals surface area contributed by atoms with Crippen LogP contribution in [0.25, 0.3) is 0 Å². The average molecular weight is 281 g/mol. The molecule has 100 valence electrons. The van der Waals surface area contributed by atoms with Crippen LogP contribution in [0.4, 0.5) is 13.2 Å². The van der Waals surface area contributed by atoms with Gasteiger partial charge in [0.05, 0.1) is 12.2 Å². The van der Waals surface area contributed by atoms with Gasteiger partial charge in [0.1, 0.15) is 5.75 Å². The molecule has 0 bridgehead atoms. The summed E-state index contributed by atoms with van der Waals surface area (Å²) in [6.07, 6.45) is -5.27. The van der Waals surface area contributed by atoms with Crippen LogP contribution in [0.1, 0.15) is 30.1 Å². The fraction of sp³-hybridized carbons (Fsp3) is 0.417. The number of hydrogen-bond acceptors (Lipinski definition) is 2. The summed E-state index contributed by atoms with van der Waals surface area (Å²) in [7, 11) is 0. The van der Waals surface area contributed by atoms with E-state index in [0.29, 0.717) is 10.6 Å². The van der Waals surface area contributed by atoms with Gasteiger partial charge in [-0.25, -0.2) is 0 Å². The maximum Gasteiger partial charge on any atom is 0.389 e. The molecule has 1 rings (SSSR count). The van der Waals surface area contributed by atoms with Crippen molar-refractivity contribution in [2.45, 2.75) is 25.9 Å². The first-order chi connectivity index (χ1) is 8.29. The number of ketones is 1. The molecule has 0 aliphatic carbocycles. The molecular weight excluding hydrogens is 269 g/mol. The highest BCUT2D eigenvalue weighted by Gasteiger charge is 2.26. The minimum Gasteiger partial charge on any atom is -0.493 e. The lowest BCUT2D eigenvalue weighted by atomic mass is 10.1. The third-order valence-corrected chi connectivity index (χ3v) is 2.42. The summed E-state index contributed by atoms with van der Waals surface area (Å²) in [5, 5.41) is 0.367. The molecule has 18 heavy (non-hydrogen) atoms. The maximum atomic E-state index is 11.9. The Balaban J connectivity index is 2.61. The predicted octanol–water partition coefficient (Wildman–Crippen LogP) is 4.26. The number of carbonyl (C=O) groups excluding carboxylic acids is 1. The third kappa shape index (κ3) is 4.96. The van der Waals surface area contributed by atoms with Crippen molar-refractivity contribution in [2.75, 3.05) is 6.61 Å². The number of alkyl halides is 3. The zero-order valence-electron chi connectivity index (χ0n) is 9.68. The molecule has 6 heteroatoms. The van der Waals surface area contributed by atoms with Crippen molar-refractivity contribution in [1.29, 1.82) is 0 Å².